The minimum atomic E-state index is 0.424. The van der Waals surface area contributed by atoms with Gasteiger partial charge in [0.05, 0.1) is 0 Å². The van der Waals surface area contributed by atoms with Gasteiger partial charge in [-0.05, 0) is 56.1 Å². The van der Waals surface area contributed by atoms with Crippen LogP contribution in [0.5, 0.6) is 0 Å². The normalized spacial score (nSPS) is 25.3. The highest BCUT2D eigenvalue weighted by molar-refractivity contribution is 5.31. The van der Waals surface area contributed by atoms with Crippen molar-refractivity contribution in [1.82, 2.24) is 5.43 Å². The number of hydrogen-bond donors (Lipinski definition) is 2. The predicted molar refractivity (Wildman–Crippen MR) is 81.9 cm³/mol. The van der Waals surface area contributed by atoms with Gasteiger partial charge in [0.2, 0.25) is 0 Å². The Morgan fingerprint density at radius 1 is 1.21 bits per heavy atom. The van der Waals surface area contributed by atoms with Crippen LogP contribution in [0.3, 0.4) is 0 Å². The third kappa shape index (κ3) is 3.80. The van der Waals surface area contributed by atoms with Crippen LogP contribution in [0.4, 0.5) is 0 Å². The van der Waals surface area contributed by atoms with Gasteiger partial charge in [0.25, 0.3) is 0 Å². The monoisotopic (exact) mass is 260 g/mol. The van der Waals surface area contributed by atoms with Crippen molar-refractivity contribution in [1.29, 1.82) is 0 Å². The highest BCUT2D eigenvalue weighted by Crippen LogP contribution is 2.31. The topological polar surface area (TPSA) is 38.0 Å². The Hall–Kier alpha value is -0.860. The smallest absolute Gasteiger partial charge is 0.0279 e. The Morgan fingerprint density at radius 3 is 2.53 bits per heavy atom. The first-order valence-electron chi connectivity index (χ1n) is 7.62. The van der Waals surface area contributed by atoms with Crippen molar-refractivity contribution in [2.75, 3.05) is 0 Å². The van der Waals surface area contributed by atoms with Gasteiger partial charge in [-0.15, -0.1) is 0 Å². The van der Waals surface area contributed by atoms with E-state index < -0.39 is 0 Å². The van der Waals surface area contributed by atoms with Gasteiger partial charge >= 0.3 is 0 Å². The fourth-order valence-corrected chi connectivity index (χ4v) is 3.31. The van der Waals surface area contributed by atoms with Gasteiger partial charge in [0.1, 0.15) is 0 Å². The minimum Gasteiger partial charge on any atom is -0.271 e. The van der Waals surface area contributed by atoms with Gasteiger partial charge in [-0.25, -0.2) is 0 Å². The first-order valence-corrected chi connectivity index (χ1v) is 7.62. The van der Waals surface area contributed by atoms with Crippen molar-refractivity contribution >= 4 is 0 Å². The first-order chi connectivity index (χ1) is 9.10. The maximum Gasteiger partial charge on any atom is 0.0279 e. The fraction of sp³-hybridized carbons (Fsp3) is 0.647. The highest BCUT2D eigenvalue weighted by Gasteiger charge is 2.25. The highest BCUT2D eigenvalue weighted by atomic mass is 15.2. The van der Waals surface area contributed by atoms with E-state index in [9.17, 15) is 0 Å². The largest absolute Gasteiger partial charge is 0.271 e. The molecule has 2 rings (SSSR count). The molecule has 0 bridgehead atoms. The number of rotatable bonds is 4. The SMILES string of the molecule is Cc1ccc(C)c(CC(NN)C2CCC(C)CC2)c1. The van der Waals surface area contributed by atoms with E-state index in [-0.39, 0.29) is 0 Å². The molecule has 1 atom stereocenters. The lowest BCUT2D eigenvalue weighted by molar-refractivity contribution is 0.229. The molecule has 1 aliphatic carbocycles. The number of hydrazine groups is 1. The van der Waals surface area contributed by atoms with Crippen LogP contribution >= 0.6 is 0 Å². The van der Waals surface area contributed by atoms with Crippen LogP contribution in [0.2, 0.25) is 0 Å². The molecule has 2 nitrogen and oxygen atoms in total. The van der Waals surface area contributed by atoms with E-state index in [1.165, 1.54) is 42.4 Å². The average molecular weight is 260 g/mol. The third-order valence-electron chi connectivity index (χ3n) is 4.79. The second-order valence-electron chi connectivity index (χ2n) is 6.43. The maximum absolute atomic E-state index is 5.82. The van der Waals surface area contributed by atoms with E-state index in [0.29, 0.717) is 6.04 Å². The van der Waals surface area contributed by atoms with Crippen molar-refractivity contribution in [3.8, 4) is 0 Å². The lowest BCUT2D eigenvalue weighted by Gasteiger charge is -2.32. The molecule has 0 saturated heterocycles. The van der Waals surface area contributed by atoms with Crippen LogP contribution < -0.4 is 11.3 Å². The molecular formula is C17H28N2. The Labute approximate surface area is 117 Å². The molecule has 3 N–H and O–H groups in total. The Morgan fingerprint density at radius 2 is 1.89 bits per heavy atom. The van der Waals surface area contributed by atoms with Crippen LogP contribution in [0, 0.1) is 25.7 Å². The van der Waals surface area contributed by atoms with E-state index in [0.717, 1.165) is 18.3 Å². The molecule has 0 aromatic heterocycles. The van der Waals surface area contributed by atoms with Crippen molar-refractivity contribution < 1.29 is 0 Å². The number of nitrogens with one attached hydrogen (secondary N) is 1. The van der Waals surface area contributed by atoms with Crippen molar-refractivity contribution in [2.24, 2.45) is 17.7 Å². The molecule has 0 amide bonds. The molecular weight excluding hydrogens is 232 g/mol. The third-order valence-corrected chi connectivity index (χ3v) is 4.79. The van der Waals surface area contributed by atoms with E-state index in [1.54, 1.807) is 0 Å². The summed E-state index contributed by atoms with van der Waals surface area (Å²) in [5.74, 6) is 7.46. The number of nitrogens with two attached hydrogens (primary N) is 1. The van der Waals surface area contributed by atoms with Crippen LogP contribution in [0.25, 0.3) is 0 Å². The maximum atomic E-state index is 5.82. The summed E-state index contributed by atoms with van der Waals surface area (Å²) in [6.45, 7) is 6.73. The molecule has 1 fully saturated rings. The number of hydrogen-bond acceptors (Lipinski definition) is 2. The summed E-state index contributed by atoms with van der Waals surface area (Å²) in [6, 6.07) is 7.14. The lowest BCUT2D eigenvalue weighted by Crippen LogP contribution is -2.43. The number of benzene rings is 1. The average Bonchev–Trinajstić information content (AvgIpc) is 2.41. The summed E-state index contributed by atoms with van der Waals surface area (Å²) in [4.78, 5) is 0. The van der Waals surface area contributed by atoms with Gasteiger partial charge < -0.3 is 0 Å². The molecule has 2 heteroatoms. The predicted octanol–water partition coefficient (Wildman–Crippen LogP) is 3.50. The van der Waals surface area contributed by atoms with Gasteiger partial charge in [0.15, 0.2) is 0 Å². The van der Waals surface area contributed by atoms with E-state index in [4.69, 9.17) is 5.84 Å². The fourth-order valence-electron chi connectivity index (χ4n) is 3.31. The molecule has 1 aliphatic rings. The molecule has 1 unspecified atom stereocenters. The zero-order valence-corrected chi connectivity index (χ0v) is 12.6. The Kier molecular flexibility index (Phi) is 5.00. The standard InChI is InChI=1S/C17H28N2/c1-12-5-8-15(9-6-12)17(19-18)11-16-10-13(2)4-7-14(16)3/h4,7,10,12,15,17,19H,5-6,8-9,11,18H2,1-3H3. The second kappa shape index (κ2) is 6.53. The molecule has 0 heterocycles. The first kappa shape index (κ1) is 14.5. The summed E-state index contributed by atoms with van der Waals surface area (Å²) in [6.07, 6.45) is 6.41. The molecule has 1 aromatic carbocycles. The van der Waals surface area contributed by atoms with Gasteiger partial charge in [-0.1, -0.05) is 43.5 Å². The van der Waals surface area contributed by atoms with Crippen LogP contribution in [-0.2, 0) is 6.42 Å². The van der Waals surface area contributed by atoms with Crippen LogP contribution in [0.15, 0.2) is 18.2 Å². The number of aryl methyl sites for hydroxylation is 2. The molecule has 106 valence electrons. The summed E-state index contributed by atoms with van der Waals surface area (Å²) in [5.41, 5.74) is 7.25. The molecule has 19 heavy (non-hydrogen) atoms. The summed E-state index contributed by atoms with van der Waals surface area (Å²) in [5, 5.41) is 0. The lowest BCUT2D eigenvalue weighted by atomic mass is 9.77. The summed E-state index contributed by atoms with van der Waals surface area (Å²) >= 11 is 0. The van der Waals surface area contributed by atoms with Gasteiger partial charge in [-0.3, -0.25) is 11.3 Å². The van der Waals surface area contributed by atoms with E-state index in [2.05, 4.69) is 44.4 Å². The van der Waals surface area contributed by atoms with Crippen molar-refractivity contribution in [3.05, 3.63) is 34.9 Å². The molecule has 1 saturated carbocycles. The zero-order valence-electron chi connectivity index (χ0n) is 12.6. The van der Waals surface area contributed by atoms with Crippen molar-refractivity contribution in [2.45, 2.75) is 58.9 Å². The molecule has 0 spiro atoms. The molecule has 0 radical (unpaired) electrons. The Balaban J connectivity index is 2.04. The van der Waals surface area contributed by atoms with Gasteiger partial charge in [0, 0.05) is 6.04 Å². The Bertz CT molecular complexity index is 406. The minimum absolute atomic E-state index is 0.424. The molecule has 0 aliphatic heterocycles. The van der Waals surface area contributed by atoms with E-state index >= 15 is 0 Å². The summed E-state index contributed by atoms with van der Waals surface area (Å²) < 4.78 is 0. The van der Waals surface area contributed by atoms with Crippen LogP contribution in [-0.4, -0.2) is 6.04 Å². The quantitative estimate of drug-likeness (QED) is 0.642. The zero-order chi connectivity index (χ0) is 13.8. The molecule has 1 aromatic rings. The van der Waals surface area contributed by atoms with Gasteiger partial charge in [-0.2, -0.15) is 0 Å². The van der Waals surface area contributed by atoms with Crippen LogP contribution in [0.1, 0.15) is 49.3 Å². The summed E-state index contributed by atoms with van der Waals surface area (Å²) in [7, 11) is 0. The second-order valence-corrected chi connectivity index (χ2v) is 6.43. The van der Waals surface area contributed by atoms with E-state index in [1.807, 2.05) is 0 Å². The van der Waals surface area contributed by atoms with Crippen molar-refractivity contribution in [3.63, 3.8) is 0 Å².